The predicted octanol–water partition coefficient (Wildman–Crippen LogP) is 3.50. The lowest BCUT2D eigenvalue weighted by Gasteiger charge is -2.06. The molecule has 0 aliphatic heterocycles. The lowest BCUT2D eigenvalue weighted by Crippen LogP contribution is -2.14. The highest BCUT2D eigenvalue weighted by Crippen LogP contribution is 2.17. The van der Waals surface area contributed by atoms with Crippen LogP contribution in [0.4, 0.5) is 5.69 Å². The first-order valence-corrected chi connectivity index (χ1v) is 10.7. The molecule has 0 bridgehead atoms. The molecule has 0 fully saturated rings. The Hall–Kier alpha value is -3.98. The largest absolute Gasteiger partial charge is 0.486 e. The molecule has 0 radical (unpaired) electrons. The molecule has 0 atom stereocenters. The molecule has 9 heteroatoms. The fourth-order valence-electron chi connectivity index (χ4n) is 2.94. The van der Waals surface area contributed by atoms with Gasteiger partial charge < -0.3 is 15.8 Å². The maximum absolute atomic E-state index is 12.4. The van der Waals surface area contributed by atoms with Gasteiger partial charge in [-0.3, -0.25) is 9.59 Å². The van der Waals surface area contributed by atoms with Crippen LogP contribution in [0.1, 0.15) is 26.8 Å². The third-order valence-electron chi connectivity index (χ3n) is 4.58. The topological polar surface area (TPSA) is 112 Å². The van der Waals surface area contributed by atoms with E-state index in [0.717, 1.165) is 16.4 Å². The Morgan fingerprint density at radius 2 is 1.84 bits per heavy atom. The van der Waals surface area contributed by atoms with Crippen LogP contribution in [0.5, 0.6) is 5.75 Å². The Bertz CT molecular complexity index is 1230. The molecule has 162 valence electrons. The molecule has 3 N–H and O–H groups in total. The highest BCUT2D eigenvalue weighted by molar-refractivity contribution is 7.09. The van der Waals surface area contributed by atoms with Gasteiger partial charge >= 0.3 is 0 Å². The number of primary amides is 1. The third-order valence-corrected chi connectivity index (χ3v) is 5.45. The summed E-state index contributed by atoms with van der Waals surface area (Å²) in [5.41, 5.74) is 8.68. The van der Waals surface area contributed by atoms with Crippen LogP contribution in [-0.2, 0) is 17.8 Å². The number of aryl methyl sites for hydroxylation is 1. The predicted molar refractivity (Wildman–Crippen MR) is 122 cm³/mol. The Labute approximate surface area is 188 Å². The van der Waals surface area contributed by atoms with E-state index in [-0.39, 0.29) is 18.0 Å². The first-order valence-electron chi connectivity index (χ1n) is 9.85. The van der Waals surface area contributed by atoms with E-state index in [1.54, 1.807) is 41.2 Å². The summed E-state index contributed by atoms with van der Waals surface area (Å²) in [4.78, 5) is 28.0. The van der Waals surface area contributed by atoms with Crippen molar-refractivity contribution in [3.05, 3.63) is 88.1 Å². The fraction of sp³-hybridized carbons (Fsp3) is 0.130. The lowest BCUT2D eigenvalue weighted by molar-refractivity contribution is -0.115. The molecule has 0 aliphatic rings. The maximum atomic E-state index is 12.4. The van der Waals surface area contributed by atoms with E-state index >= 15 is 0 Å². The first kappa shape index (κ1) is 21.3. The van der Waals surface area contributed by atoms with Crippen LogP contribution >= 0.6 is 11.3 Å². The monoisotopic (exact) mass is 447 g/mol. The van der Waals surface area contributed by atoms with Gasteiger partial charge in [-0.2, -0.15) is 5.10 Å². The van der Waals surface area contributed by atoms with Gasteiger partial charge in [0.05, 0.1) is 17.8 Å². The molecule has 0 saturated carbocycles. The highest BCUT2D eigenvalue weighted by Gasteiger charge is 2.10. The number of aromatic nitrogens is 3. The molecular formula is C23H21N5O3S. The second-order valence-corrected chi connectivity index (χ2v) is 8.06. The van der Waals surface area contributed by atoms with E-state index in [4.69, 9.17) is 10.5 Å². The van der Waals surface area contributed by atoms with Crippen LogP contribution < -0.4 is 15.8 Å². The summed E-state index contributed by atoms with van der Waals surface area (Å²) in [6, 6.07) is 16.5. The number of anilines is 1. The van der Waals surface area contributed by atoms with Gasteiger partial charge in [0.2, 0.25) is 5.91 Å². The van der Waals surface area contributed by atoms with Gasteiger partial charge in [-0.05, 0) is 49.4 Å². The number of rotatable bonds is 8. The number of ether oxygens (including phenoxy) is 1. The van der Waals surface area contributed by atoms with Crippen molar-refractivity contribution < 1.29 is 14.3 Å². The number of hydrogen-bond donors (Lipinski definition) is 2. The number of amides is 2. The van der Waals surface area contributed by atoms with Gasteiger partial charge in [-0.15, -0.1) is 11.3 Å². The molecule has 0 aliphatic carbocycles. The standard InChI is InChI=1S/C23H21N5O3S/c1-15-2-8-19(9-3-15)31-13-22-26-17(14-32-22)12-21(29)25-16-4-6-18(7-5-16)28-11-10-20(27-28)23(24)30/h2-11,14H,12-13H2,1H3,(H2,24,30)(H,25,29). The zero-order valence-corrected chi connectivity index (χ0v) is 18.1. The number of thiazole rings is 1. The normalized spacial score (nSPS) is 10.7. The molecule has 4 rings (SSSR count). The molecule has 4 aromatic rings. The summed E-state index contributed by atoms with van der Waals surface area (Å²) in [5, 5.41) is 9.64. The summed E-state index contributed by atoms with van der Waals surface area (Å²) >= 11 is 1.47. The second kappa shape index (κ2) is 9.44. The second-order valence-electron chi connectivity index (χ2n) is 7.12. The average Bonchev–Trinajstić information content (AvgIpc) is 3.44. The van der Waals surface area contributed by atoms with E-state index in [9.17, 15) is 9.59 Å². The van der Waals surface area contributed by atoms with Crippen LogP contribution in [0.25, 0.3) is 5.69 Å². The third kappa shape index (κ3) is 5.38. The minimum atomic E-state index is -0.584. The molecule has 0 spiro atoms. The van der Waals surface area contributed by atoms with Crippen LogP contribution in [0, 0.1) is 6.92 Å². The number of nitrogens with zero attached hydrogens (tertiary/aromatic N) is 3. The van der Waals surface area contributed by atoms with Gasteiger partial charge in [-0.25, -0.2) is 9.67 Å². The quantitative estimate of drug-likeness (QED) is 0.429. The molecule has 0 saturated heterocycles. The zero-order chi connectivity index (χ0) is 22.5. The van der Waals surface area contributed by atoms with Crippen LogP contribution in [0.15, 0.2) is 66.2 Å². The van der Waals surface area contributed by atoms with E-state index in [2.05, 4.69) is 15.4 Å². The molecule has 2 amide bonds. The number of carbonyl (C=O) groups excluding carboxylic acids is 2. The Morgan fingerprint density at radius 3 is 2.53 bits per heavy atom. The summed E-state index contributed by atoms with van der Waals surface area (Å²) in [6.07, 6.45) is 1.82. The minimum Gasteiger partial charge on any atom is -0.486 e. The van der Waals surface area contributed by atoms with E-state index in [1.165, 1.54) is 16.9 Å². The highest BCUT2D eigenvalue weighted by atomic mass is 32.1. The molecule has 32 heavy (non-hydrogen) atoms. The van der Waals surface area contributed by atoms with Crippen molar-refractivity contribution in [2.24, 2.45) is 5.73 Å². The summed E-state index contributed by atoms with van der Waals surface area (Å²) < 4.78 is 7.28. The molecule has 2 heterocycles. The number of nitrogens with one attached hydrogen (secondary N) is 1. The molecule has 0 unspecified atom stereocenters. The summed E-state index contributed by atoms with van der Waals surface area (Å²) in [5.74, 6) is 0.0400. The van der Waals surface area contributed by atoms with Gasteiger partial charge in [-0.1, -0.05) is 17.7 Å². The van der Waals surface area contributed by atoms with Crippen molar-refractivity contribution >= 4 is 28.8 Å². The first-order chi connectivity index (χ1) is 15.5. The van der Waals surface area contributed by atoms with Gasteiger partial charge in [0.15, 0.2) is 0 Å². The minimum absolute atomic E-state index is 0.163. The van der Waals surface area contributed by atoms with Crippen molar-refractivity contribution in [1.29, 1.82) is 0 Å². The Morgan fingerprint density at radius 1 is 1.09 bits per heavy atom. The fourth-order valence-corrected chi connectivity index (χ4v) is 3.65. The Kier molecular flexibility index (Phi) is 6.27. The average molecular weight is 448 g/mol. The molecule has 2 aromatic carbocycles. The number of carbonyl (C=O) groups is 2. The van der Waals surface area contributed by atoms with Crippen LogP contribution in [0.3, 0.4) is 0 Å². The van der Waals surface area contributed by atoms with Crippen molar-refractivity contribution in [2.75, 3.05) is 5.32 Å². The van der Waals surface area contributed by atoms with E-state index < -0.39 is 5.91 Å². The maximum Gasteiger partial charge on any atom is 0.269 e. The van der Waals surface area contributed by atoms with Crippen LogP contribution in [-0.4, -0.2) is 26.6 Å². The molecule has 2 aromatic heterocycles. The van der Waals surface area contributed by atoms with Gasteiger partial charge in [0.1, 0.15) is 23.1 Å². The molecule has 8 nitrogen and oxygen atoms in total. The van der Waals surface area contributed by atoms with Crippen LogP contribution in [0.2, 0.25) is 0 Å². The van der Waals surface area contributed by atoms with Crippen molar-refractivity contribution in [3.8, 4) is 11.4 Å². The van der Waals surface area contributed by atoms with Crippen molar-refractivity contribution in [2.45, 2.75) is 20.0 Å². The van der Waals surface area contributed by atoms with Gasteiger partial charge in [0.25, 0.3) is 5.91 Å². The van der Waals surface area contributed by atoms with Crippen molar-refractivity contribution in [1.82, 2.24) is 14.8 Å². The summed E-state index contributed by atoms with van der Waals surface area (Å²) in [6.45, 7) is 2.39. The zero-order valence-electron chi connectivity index (χ0n) is 17.3. The Balaban J connectivity index is 1.29. The number of hydrogen-bond acceptors (Lipinski definition) is 6. The summed E-state index contributed by atoms with van der Waals surface area (Å²) in [7, 11) is 0. The van der Waals surface area contributed by atoms with Crippen molar-refractivity contribution in [3.63, 3.8) is 0 Å². The van der Waals surface area contributed by atoms with E-state index in [1.807, 2.05) is 36.6 Å². The number of benzene rings is 2. The lowest BCUT2D eigenvalue weighted by atomic mass is 10.2. The van der Waals surface area contributed by atoms with Gasteiger partial charge in [0, 0.05) is 17.3 Å². The SMILES string of the molecule is Cc1ccc(OCc2nc(CC(=O)Nc3ccc(-n4ccc(C(N)=O)n4)cc3)cs2)cc1. The number of nitrogens with two attached hydrogens (primary N) is 1. The smallest absolute Gasteiger partial charge is 0.269 e. The van der Waals surface area contributed by atoms with E-state index in [0.29, 0.717) is 18.0 Å². The molecular weight excluding hydrogens is 426 g/mol.